The van der Waals surface area contributed by atoms with Gasteiger partial charge in [0.25, 0.3) is 5.91 Å². The number of likely N-dealkylation sites (tertiary alicyclic amines) is 1. The Bertz CT molecular complexity index is 2470. The number of carbonyl (C=O) groups excluding carboxylic acids is 4. The third-order valence-electron chi connectivity index (χ3n) is 12.6. The first-order valence-corrected chi connectivity index (χ1v) is 19.4. The van der Waals surface area contributed by atoms with Crippen LogP contribution in [0, 0.1) is 30.1 Å². The number of nitrogens with one attached hydrogen (secondary N) is 2. The van der Waals surface area contributed by atoms with Crippen LogP contribution in [-0.4, -0.2) is 58.0 Å². The van der Waals surface area contributed by atoms with Crippen molar-refractivity contribution in [2.45, 2.75) is 92.2 Å². The largest absolute Gasteiger partial charge is 0.469 e. The molecule has 5 atom stereocenters. The highest BCUT2D eigenvalue weighted by molar-refractivity contribution is 6.31. The summed E-state index contributed by atoms with van der Waals surface area (Å²) in [6.07, 6.45) is -3.95. The number of allylic oxidation sites excluding steroid dienone is 3. The summed E-state index contributed by atoms with van der Waals surface area (Å²) in [5.74, 6) is -4.83. The third kappa shape index (κ3) is 6.97. The number of hydrogen-bond donors (Lipinski definition) is 2. The van der Waals surface area contributed by atoms with Crippen molar-refractivity contribution in [3.63, 3.8) is 0 Å². The fourth-order valence-electron chi connectivity index (χ4n) is 8.87. The number of carbonyl (C=O) groups is 4. The van der Waals surface area contributed by atoms with Gasteiger partial charge in [-0.2, -0.15) is 26.3 Å². The molecule has 5 aliphatic rings. The number of esters is 1. The summed E-state index contributed by atoms with van der Waals surface area (Å²) in [7, 11) is 1.24. The highest BCUT2D eigenvalue weighted by Crippen LogP contribution is 2.46. The minimum absolute atomic E-state index is 0.0201. The molecule has 1 saturated heterocycles. The Hall–Kier alpha value is -5.54. The van der Waals surface area contributed by atoms with Gasteiger partial charge in [-0.05, 0) is 98.7 Å². The molecule has 0 radical (unpaired) electrons. The standard InChI is InChI=1S/C43H43F6N5O5/c1-8-25-19(3)27-15-28-20(4)26(10-11-33(55)59-7)36(52-28)35-37-34(21(5)29(53-37)16-31-38(56)41(6,9-2)32(51-31)17-30(25)50-27)39(57)54(40(35)58)18-22-12-23(42(44,45)46)14-24(13-22)43(47,48)49/h12-17,20,26,34,37,50,53H,8-11,18H2,1-7H3/b27-15-,30-17-,31-16-,36-35+/t20-,26-,34?,37?,41?/m0/s1. The van der Waals surface area contributed by atoms with E-state index >= 15 is 0 Å². The molecular formula is C43H43F6N5O5. The van der Waals surface area contributed by atoms with E-state index in [1.165, 1.54) is 13.2 Å². The highest BCUT2D eigenvalue weighted by atomic mass is 19.4. The molecule has 2 amide bonds. The molecule has 1 aromatic heterocycles. The van der Waals surface area contributed by atoms with Gasteiger partial charge in [-0.15, -0.1) is 0 Å². The van der Waals surface area contributed by atoms with Crippen LogP contribution in [0.5, 0.6) is 0 Å². The number of Topliss-reactive ketones (excluding diaryl/α,β-unsaturated/α-hetero) is 1. The summed E-state index contributed by atoms with van der Waals surface area (Å²) in [5.41, 5.74) is -0.848. The van der Waals surface area contributed by atoms with Gasteiger partial charge in [0.15, 0.2) is 5.78 Å². The predicted octanol–water partition coefficient (Wildman–Crippen LogP) is 6.17. The first-order chi connectivity index (χ1) is 27.6. The van der Waals surface area contributed by atoms with Crippen molar-refractivity contribution in [2.75, 3.05) is 7.11 Å². The number of halogens is 6. The average molecular weight is 824 g/mol. The van der Waals surface area contributed by atoms with Crippen LogP contribution in [0.25, 0.3) is 12.2 Å². The van der Waals surface area contributed by atoms with E-state index in [0.717, 1.165) is 16.5 Å². The number of methoxy groups -OCH3 is 1. The van der Waals surface area contributed by atoms with Crippen molar-refractivity contribution in [2.24, 2.45) is 33.2 Å². The van der Waals surface area contributed by atoms with E-state index in [-0.39, 0.29) is 41.7 Å². The van der Waals surface area contributed by atoms with E-state index in [1.54, 1.807) is 6.92 Å². The number of aliphatic imine (C=N–C) groups is 2. The van der Waals surface area contributed by atoms with Gasteiger partial charge in [-0.3, -0.25) is 29.1 Å². The maximum Gasteiger partial charge on any atom is 0.416 e. The Kier molecular flexibility index (Phi) is 10.3. The van der Waals surface area contributed by atoms with Gasteiger partial charge < -0.3 is 15.0 Å². The van der Waals surface area contributed by atoms with Crippen molar-refractivity contribution >= 4 is 47.1 Å². The zero-order valence-corrected chi connectivity index (χ0v) is 33.5. The molecule has 8 bridgehead atoms. The van der Waals surface area contributed by atoms with E-state index in [0.29, 0.717) is 57.9 Å². The molecule has 312 valence electrons. The molecular weight excluding hydrogens is 780 g/mol. The second-order valence-electron chi connectivity index (χ2n) is 15.9. The van der Waals surface area contributed by atoms with E-state index in [4.69, 9.17) is 14.7 Å². The smallest absolute Gasteiger partial charge is 0.416 e. The summed E-state index contributed by atoms with van der Waals surface area (Å²) < 4.78 is 88.6. The molecule has 0 spiro atoms. The van der Waals surface area contributed by atoms with Crippen LogP contribution >= 0.6 is 0 Å². The number of amides is 2. The van der Waals surface area contributed by atoms with Gasteiger partial charge in [0, 0.05) is 40.4 Å². The van der Waals surface area contributed by atoms with Crippen LogP contribution < -0.4 is 16.0 Å². The third-order valence-corrected chi connectivity index (χ3v) is 12.6. The number of ether oxygens (including phenoxy) is 1. The number of alkyl halides is 6. The first kappa shape index (κ1) is 41.6. The van der Waals surface area contributed by atoms with Crippen molar-refractivity contribution in [1.82, 2.24) is 15.2 Å². The van der Waals surface area contributed by atoms with Gasteiger partial charge in [0.1, 0.15) is 5.70 Å². The molecule has 7 rings (SSSR count). The fourth-order valence-corrected chi connectivity index (χ4v) is 8.87. The lowest BCUT2D eigenvalue weighted by atomic mass is 9.79. The molecule has 10 nitrogen and oxygen atoms in total. The summed E-state index contributed by atoms with van der Waals surface area (Å²) in [6, 6.07) is -0.138. The summed E-state index contributed by atoms with van der Waals surface area (Å²) >= 11 is 0. The lowest BCUT2D eigenvalue weighted by molar-refractivity contribution is -0.148. The van der Waals surface area contributed by atoms with Crippen molar-refractivity contribution in [3.8, 4) is 0 Å². The first-order valence-electron chi connectivity index (χ1n) is 19.4. The normalized spacial score (nSPS) is 28.7. The lowest BCUT2D eigenvalue weighted by Crippen LogP contribution is -2.54. The maximum atomic E-state index is 14.9. The number of rotatable bonds is 7. The second-order valence-corrected chi connectivity index (χ2v) is 15.9. The van der Waals surface area contributed by atoms with Crippen LogP contribution in [-0.2, 0) is 49.2 Å². The molecule has 16 heteroatoms. The Morgan fingerprint density at radius 2 is 1.61 bits per heavy atom. The number of ketones is 1. The number of piperidine rings is 1. The summed E-state index contributed by atoms with van der Waals surface area (Å²) in [5, 5.41) is 4.73. The summed E-state index contributed by atoms with van der Waals surface area (Å²) in [6.45, 7) is 10.2. The van der Waals surface area contributed by atoms with Gasteiger partial charge in [-0.25, -0.2) is 4.99 Å². The van der Waals surface area contributed by atoms with Crippen molar-refractivity contribution < 1.29 is 50.3 Å². The van der Waals surface area contributed by atoms with E-state index in [1.807, 2.05) is 46.8 Å². The quantitative estimate of drug-likeness (QED) is 0.195. The second kappa shape index (κ2) is 14.6. The number of aromatic amines is 1. The zero-order chi connectivity index (χ0) is 43.1. The minimum Gasteiger partial charge on any atom is -0.469 e. The van der Waals surface area contributed by atoms with Crippen molar-refractivity contribution in [3.05, 3.63) is 91.0 Å². The average Bonchev–Trinajstić information content (AvgIpc) is 3.84. The zero-order valence-electron chi connectivity index (χ0n) is 33.5. The van der Waals surface area contributed by atoms with Crippen LogP contribution in [0.3, 0.4) is 0 Å². The summed E-state index contributed by atoms with van der Waals surface area (Å²) in [4.78, 5) is 70.1. The van der Waals surface area contributed by atoms with Crippen LogP contribution in [0.4, 0.5) is 26.3 Å². The van der Waals surface area contributed by atoms with Crippen LogP contribution in [0.1, 0.15) is 81.7 Å². The van der Waals surface area contributed by atoms with Gasteiger partial charge in [0.2, 0.25) is 5.91 Å². The highest BCUT2D eigenvalue weighted by Gasteiger charge is 2.53. The number of H-pyrrole nitrogens is 1. The molecule has 1 aromatic carbocycles. The number of nitrogens with zero attached hydrogens (tertiary/aromatic N) is 3. The van der Waals surface area contributed by atoms with Crippen molar-refractivity contribution in [1.29, 1.82) is 0 Å². The van der Waals surface area contributed by atoms with E-state index in [9.17, 15) is 45.5 Å². The van der Waals surface area contributed by atoms with Gasteiger partial charge >= 0.3 is 18.3 Å². The van der Waals surface area contributed by atoms with Crippen LogP contribution in [0.2, 0.25) is 0 Å². The lowest BCUT2D eigenvalue weighted by Gasteiger charge is -2.37. The van der Waals surface area contributed by atoms with E-state index in [2.05, 4.69) is 10.3 Å². The van der Waals surface area contributed by atoms with Crippen LogP contribution in [0.15, 0.2) is 62.5 Å². The van der Waals surface area contributed by atoms with Gasteiger partial charge in [0.05, 0.1) is 59.1 Å². The number of hydrogen-bond acceptors (Lipinski definition) is 8. The topological polar surface area (TPSA) is 133 Å². The Labute approximate surface area is 335 Å². The molecule has 5 aliphatic heterocycles. The molecule has 2 N–H and O–H groups in total. The molecule has 2 aromatic rings. The minimum atomic E-state index is -5.17. The molecule has 0 saturated carbocycles. The molecule has 3 unspecified atom stereocenters. The molecule has 59 heavy (non-hydrogen) atoms. The maximum absolute atomic E-state index is 14.9. The SMILES string of the molecule is CCc1c(C)/c2[nH]/c1=C\C1=NC(=C\C3=C(C)C4C(=O)N(Cc5cc(C(F)(F)F)cc(C(F)(F)F)c5)C(=O)/C(=C5N=C(\C=2)[C@@H](C)[C@@H]/5CCC(=O)OC)C4N3)/C(=O)C1(C)CC. The Morgan fingerprint density at radius 3 is 2.20 bits per heavy atom. The monoisotopic (exact) mass is 823 g/mol. The molecule has 6 heterocycles. The number of fused-ring (bicyclic) bond motifs is 5. The molecule has 0 aliphatic carbocycles. The van der Waals surface area contributed by atoms with E-state index < -0.39 is 82.6 Å². The number of imide groups is 1. The Morgan fingerprint density at radius 1 is 0.949 bits per heavy atom. The van der Waals surface area contributed by atoms with Gasteiger partial charge in [-0.1, -0.05) is 20.8 Å². The Balaban J connectivity index is 1.50. The predicted molar refractivity (Wildman–Crippen MR) is 205 cm³/mol. The number of aromatic nitrogens is 1. The number of benzene rings is 1. The fraction of sp³-hybridized carbons (Fsp3) is 0.442. The molecule has 1 fully saturated rings.